The van der Waals surface area contributed by atoms with Gasteiger partial charge >= 0.3 is 0 Å². The fourth-order valence-electron chi connectivity index (χ4n) is 9.97. The van der Waals surface area contributed by atoms with E-state index in [1.54, 1.807) is 0 Å². The maximum atomic E-state index is 3.54. The molecule has 12 rings (SSSR count). The zero-order chi connectivity index (χ0) is 43.8. The van der Waals surface area contributed by atoms with Gasteiger partial charge in [-0.05, 0) is 152 Å². The van der Waals surface area contributed by atoms with E-state index in [0.717, 1.165) is 22.3 Å². The summed E-state index contributed by atoms with van der Waals surface area (Å²) < 4.78 is 0. The largest absolute Gasteiger partial charge is 0.0622 e. The van der Waals surface area contributed by atoms with Crippen LogP contribution in [0.2, 0.25) is 0 Å². The highest BCUT2D eigenvalue weighted by molar-refractivity contribution is 6.23. The van der Waals surface area contributed by atoms with E-state index in [2.05, 4.69) is 248 Å². The number of benzene rings is 12. The first kappa shape index (κ1) is 38.9. The van der Waals surface area contributed by atoms with Gasteiger partial charge in [-0.15, -0.1) is 0 Å². The van der Waals surface area contributed by atoms with E-state index in [4.69, 9.17) is 0 Å². The molecule has 306 valence electrons. The smallest absolute Gasteiger partial charge is 0.0327 e. The van der Waals surface area contributed by atoms with Crippen LogP contribution >= 0.6 is 0 Å². The second kappa shape index (κ2) is 16.7. The van der Waals surface area contributed by atoms with Gasteiger partial charge in [0, 0.05) is 11.1 Å². The van der Waals surface area contributed by atoms with Crippen LogP contribution in [0.3, 0.4) is 0 Å². The van der Waals surface area contributed by atoms with E-state index >= 15 is 0 Å². The molecular formula is C66H42. The normalized spacial score (nSPS) is 11.2. The molecule has 0 aliphatic rings. The Balaban J connectivity index is 1.16. The molecule has 0 N–H and O–H groups in total. The lowest BCUT2D eigenvalue weighted by atomic mass is 9.82. The molecule has 0 saturated carbocycles. The Hall–Kier alpha value is -8.76. The molecule has 0 nitrogen and oxygen atoms in total. The standard InChI is InChI=1S/C66H42/c1-3-17-45(18-4-1)35-36-49-23-7-10-30-56(49)53-38-40-62-64(44-53)66(55-29-14-27-52(42-55)60-34-16-25-48-22-9-12-32-58(48)60)61-39-37-50(46-19-5-2-6-20-46)43-63(61)65(62)54-28-13-26-51(41-54)59-33-15-24-47-21-8-11-31-57(47)59/h1-34,37-44H. The Morgan fingerprint density at radius 1 is 0.212 bits per heavy atom. The van der Waals surface area contributed by atoms with E-state index in [0.29, 0.717) is 0 Å². The van der Waals surface area contributed by atoms with Gasteiger partial charge in [0.15, 0.2) is 0 Å². The van der Waals surface area contributed by atoms with Crippen molar-refractivity contribution in [2.75, 3.05) is 0 Å². The molecular weight excluding hydrogens is 793 g/mol. The van der Waals surface area contributed by atoms with Gasteiger partial charge in [-0.3, -0.25) is 0 Å². The monoisotopic (exact) mass is 834 g/mol. The average Bonchev–Trinajstić information content (AvgIpc) is 3.39. The summed E-state index contributed by atoms with van der Waals surface area (Å²) in [6.45, 7) is 0. The van der Waals surface area contributed by atoms with Gasteiger partial charge < -0.3 is 0 Å². The predicted molar refractivity (Wildman–Crippen MR) is 282 cm³/mol. The van der Waals surface area contributed by atoms with Gasteiger partial charge in [-0.1, -0.05) is 224 Å². The number of fused-ring (bicyclic) bond motifs is 4. The Morgan fingerprint density at radius 2 is 0.636 bits per heavy atom. The Kier molecular flexibility index (Phi) is 9.86. The van der Waals surface area contributed by atoms with Crippen LogP contribution in [0.1, 0.15) is 11.1 Å². The van der Waals surface area contributed by atoms with Crippen molar-refractivity contribution in [1.82, 2.24) is 0 Å². The van der Waals surface area contributed by atoms with Crippen molar-refractivity contribution in [3.63, 3.8) is 0 Å². The molecule has 0 unspecified atom stereocenters. The third kappa shape index (κ3) is 7.10. The van der Waals surface area contributed by atoms with E-state index in [-0.39, 0.29) is 0 Å². The molecule has 0 aliphatic heterocycles. The summed E-state index contributed by atoms with van der Waals surface area (Å²) >= 11 is 0. The van der Waals surface area contributed by atoms with Crippen molar-refractivity contribution in [3.8, 4) is 78.6 Å². The predicted octanol–water partition coefficient (Wildman–Crippen LogP) is 17.7. The summed E-state index contributed by atoms with van der Waals surface area (Å²) in [5, 5.41) is 9.78. The molecule has 0 aliphatic carbocycles. The van der Waals surface area contributed by atoms with Crippen molar-refractivity contribution in [3.05, 3.63) is 266 Å². The van der Waals surface area contributed by atoms with Crippen LogP contribution in [0.25, 0.3) is 110 Å². The molecule has 0 heterocycles. The molecule has 0 aromatic heterocycles. The van der Waals surface area contributed by atoms with Gasteiger partial charge in [-0.25, -0.2) is 0 Å². The van der Waals surface area contributed by atoms with Crippen LogP contribution in [-0.4, -0.2) is 0 Å². The van der Waals surface area contributed by atoms with E-state index in [1.165, 1.54) is 98.7 Å². The van der Waals surface area contributed by atoms with E-state index in [1.807, 2.05) is 18.2 Å². The zero-order valence-corrected chi connectivity index (χ0v) is 36.2. The van der Waals surface area contributed by atoms with E-state index in [9.17, 15) is 0 Å². The van der Waals surface area contributed by atoms with Gasteiger partial charge in [0.05, 0.1) is 0 Å². The maximum absolute atomic E-state index is 3.54. The van der Waals surface area contributed by atoms with Gasteiger partial charge in [0.2, 0.25) is 0 Å². The number of hydrogen-bond donors (Lipinski definition) is 0. The fraction of sp³-hybridized carbons (Fsp3) is 0. The molecule has 0 fully saturated rings. The summed E-state index contributed by atoms with van der Waals surface area (Å²) in [4.78, 5) is 0. The third-order valence-electron chi connectivity index (χ3n) is 13.1. The molecule has 12 aromatic rings. The minimum Gasteiger partial charge on any atom is -0.0622 e. The van der Waals surface area contributed by atoms with Crippen molar-refractivity contribution in [2.45, 2.75) is 0 Å². The lowest BCUT2D eigenvalue weighted by Gasteiger charge is -2.21. The molecule has 0 spiro atoms. The minimum atomic E-state index is 0.996. The van der Waals surface area contributed by atoms with Crippen LogP contribution < -0.4 is 0 Å². The molecule has 0 amide bonds. The van der Waals surface area contributed by atoms with Gasteiger partial charge in [-0.2, -0.15) is 0 Å². The molecule has 66 heavy (non-hydrogen) atoms. The lowest BCUT2D eigenvalue weighted by molar-refractivity contribution is 1.59. The first-order valence-corrected chi connectivity index (χ1v) is 22.7. The number of rotatable bonds is 6. The molecule has 0 saturated heterocycles. The van der Waals surface area contributed by atoms with Crippen molar-refractivity contribution < 1.29 is 0 Å². The summed E-state index contributed by atoms with van der Waals surface area (Å²) in [6.07, 6.45) is 0. The van der Waals surface area contributed by atoms with E-state index < -0.39 is 0 Å². The second-order valence-corrected chi connectivity index (χ2v) is 17.0. The first-order chi connectivity index (χ1) is 32.7. The Morgan fingerprint density at radius 3 is 1.26 bits per heavy atom. The SMILES string of the molecule is C(#Cc1ccccc1-c1ccc2c(-c3cccc(-c4cccc5ccccc45)c3)c3cc(-c4ccccc4)ccc3c(-c3cccc(-c4cccc5ccccc45)c3)c2c1)c1ccccc1. The van der Waals surface area contributed by atoms with Gasteiger partial charge in [0.25, 0.3) is 0 Å². The minimum absolute atomic E-state index is 0.996. The van der Waals surface area contributed by atoms with Gasteiger partial charge in [0.1, 0.15) is 0 Å². The molecule has 0 heteroatoms. The molecule has 12 aromatic carbocycles. The highest BCUT2D eigenvalue weighted by Crippen LogP contribution is 2.47. The summed E-state index contributed by atoms with van der Waals surface area (Å²) in [5.41, 5.74) is 16.2. The van der Waals surface area contributed by atoms with Crippen molar-refractivity contribution in [2.24, 2.45) is 0 Å². The second-order valence-electron chi connectivity index (χ2n) is 17.0. The van der Waals surface area contributed by atoms with Crippen LogP contribution in [0.15, 0.2) is 255 Å². The van der Waals surface area contributed by atoms with Crippen LogP contribution in [0.5, 0.6) is 0 Å². The maximum Gasteiger partial charge on any atom is 0.0327 e. The third-order valence-corrected chi connectivity index (χ3v) is 13.1. The Bertz CT molecular complexity index is 3850. The highest BCUT2D eigenvalue weighted by Gasteiger charge is 2.20. The molecule has 0 radical (unpaired) electrons. The highest BCUT2D eigenvalue weighted by atomic mass is 14.2. The van der Waals surface area contributed by atoms with Crippen LogP contribution in [-0.2, 0) is 0 Å². The summed E-state index contributed by atoms with van der Waals surface area (Å²) in [6, 6.07) is 92.7. The first-order valence-electron chi connectivity index (χ1n) is 22.7. The van der Waals surface area contributed by atoms with Crippen molar-refractivity contribution >= 4 is 43.1 Å². The molecule has 0 bridgehead atoms. The topological polar surface area (TPSA) is 0 Å². The fourth-order valence-corrected chi connectivity index (χ4v) is 9.97. The Labute approximate surface area is 385 Å². The van der Waals surface area contributed by atoms with Crippen LogP contribution in [0.4, 0.5) is 0 Å². The molecule has 0 atom stereocenters. The zero-order valence-electron chi connectivity index (χ0n) is 36.2. The summed E-state index contributed by atoms with van der Waals surface area (Å²) in [5.74, 6) is 6.97. The quantitative estimate of drug-likeness (QED) is 0.116. The summed E-state index contributed by atoms with van der Waals surface area (Å²) in [7, 11) is 0. The number of hydrogen-bond acceptors (Lipinski definition) is 0. The lowest BCUT2D eigenvalue weighted by Crippen LogP contribution is -1.94. The average molecular weight is 835 g/mol. The van der Waals surface area contributed by atoms with Crippen molar-refractivity contribution in [1.29, 1.82) is 0 Å². The van der Waals surface area contributed by atoms with Crippen LogP contribution in [0, 0.1) is 11.8 Å².